The van der Waals surface area contributed by atoms with Gasteiger partial charge < -0.3 is 4.74 Å². The summed E-state index contributed by atoms with van der Waals surface area (Å²) in [5.41, 5.74) is 0.811. The summed E-state index contributed by atoms with van der Waals surface area (Å²) in [4.78, 5) is 14.3. The maximum Gasteiger partial charge on any atom is 0.176 e. The molecule has 3 nitrogen and oxygen atoms in total. The van der Waals surface area contributed by atoms with E-state index in [0.717, 1.165) is 31.5 Å². The van der Waals surface area contributed by atoms with E-state index in [2.05, 4.69) is 4.90 Å². The van der Waals surface area contributed by atoms with Crippen LogP contribution >= 0.6 is 0 Å². The zero-order chi connectivity index (χ0) is 11.7. The largest absolute Gasteiger partial charge is 0.372 e. The molecule has 90 valence electrons. The van der Waals surface area contributed by atoms with Crippen LogP contribution in [0.15, 0.2) is 30.3 Å². The van der Waals surface area contributed by atoms with Gasteiger partial charge in [-0.1, -0.05) is 30.3 Å². The van der Waals surface area contributed by atoms with Crippen LogP contribution < -0.4 is 0 Å². The van der Waals surface area contributed by atoms with Gasteiger partial charge in [-0.25, -0.2) is 0 Å². The van der Waals surface area contributed by atoms with Gasteiger partial charge in [0.15, 0.2) is 5.78 Å². The van der Waals surface area contributed by atoms with Crippen LogP contribution in [0.4, 0.5) is 0 Å². The van der Waals surface area contributed by atoms with Crippen LogP contribution in [0.5, 0.6) is 0 Å². The summed E-state index contributed by atoms with van der Waals surface area (Å²) in [7, 11) is 0. The third-order valence-electron chi connectivity index (χ3n) is 3.58. The van der Waals surface area contributed by atoms with Crippen molar-refractivity contribution in [3.05, 3.63) is 35.9 Å². The number of carbonyl (C=O) groups excluding carboxylic acids is 1. The first kappa shape index (κ1) is 10.9. The lowest BCUT2D eigenvalue weighted by molar-refractivity contribution is -0.0355. The van der Waals surface area contributed by atoms with E-state index in [1.54, 1.807) is 0 Å². The highest BCUT2D eigenvalue weighted by Gasteiger charge is 2.34. The smallest absolute Gasteiger partial charge is 0.176 e. The first-order chi connectivity index (χ1) is 8.31. The minimum atomic E-state index is 0.215. The Morgan fingerprint density at radius 1 is 1.18 bits per heavy atom. The van der Waals surface area contributed by atoms with Crippen molar-refractivity contribution in [1.82, 2.24) is 4.90 Å². The van der Waals surface area contributed by atoms with Crippen LogP contribution in [-0.2, 0) is 4.74 Å². The molecule has 0 N–H and O–H groups in total. The molecule has 3 heteroatoms. The molecule has 2 bridgehead atoms. The molecule has 1 aromatic rings. The minimum absolute atomic E-state index is 0.215. The summed E-state index contributed by atoms with van der Waals surface area (Å²) in [6.45, 7) is 2.35. The molecule has 2 atom stereocenters. The van der Waals surface area contributed by atoms with Gasteiger partial charge in [-0.15, -0.1) is 0 Å². The molecule has 2 saturated heterocycles. The minimum Gasteiger partial charge on any atom is -0.372 e. The normalized spacial score (nSPS) is 28.2. The van der Waals surface area contributed by atoms with Crippen molar-refractivity contribution in [2.75, 3.05) is 19.6 Å². The van der Waals surface area contributed by atoms with Crippen LogP contribution in [0.1, 0.15) is 23.2 Å². The second-order valence-electron chi connectivity index (χ2n) is 4.94. The van der Waals surface area contributed by atoms with Crippen LogP contribution in [0.25, 0.3) is 0 Å². The average molecular weight is 231 g/mol. The van der Waals surface area contributed by atoms with E-state index in [9.17, 15) is 4.79 Å². The molecule has 0 aliphatic carbocycles. The van der Waals surface area contributed by atoms with Crippen molar-refractivity contribution in [3.8, 4) is 0 Å². The van der Waals surface area contributed by atoms with Gasteiger partial charge in [0.05, 0.1) is 18.8 Å². The van der Waals surface area contributed by atoms with Crippen LogP contribution in [0, 0.1) is 0 Å². The maximum absolute atomic E-state index is 12.1. The van der Waals surface area contributed by atoms with Gasteiger partial charge in [0, 0.05) is 18.7 Å². The number of nitrogens with zero attached hydrogens (tertiary/aromatic N) is 1. The maximum atomic E-state index is 12.1. The molecular formula is C14H17NO2. The van der Waals surface area contributed by atoms with E-state index in [1.807, 2.05) is 30.3 Å². The highest BCUT2D eigenvalue weighted by molar-refractivity contribution is 5.97. The zero-order valence-corrected chi connectivity index (χ0v) is 9.84. The molecule has 3 rings (SSSR count). The number of ether oxygens (including phenoxy) is 1. The molecule has 0 amide bonds. The Bertz CT molecular complexity index is 392. The lowest BCUT2D eigenvalue weighted by Gasteiger charge is -2.31. The van der Waals surface area contributed by atoms with Gasteiger partial charge in [-0.3, -0.25) is 9.69 Å². The van der Waals surface area contributed by atoms with Gasteiger partial charge >= 0.3 is 0 Å². The van der Waals surface area contributed by atoms with Crippen molar-refractivity contribution >= 4 is 5.78 Å². The first-order valence-corrected chi connectivity index (χ1v) is 6.27. The zero-order valence-electron chi connectivity index (χ0n) is 9.84. The molecule has 2 fully saturated rings. The fourth-order valence-corrected chi connectivity index (χ4v) is 2.75. The Labute approximate surface area is 101 Å². The second-order valence-corrected chi connectivity index (χ2v) is 4.94. The number of hydrogen-bond donors (Lipinski definition) is 0. The molecule has 0 spiro atoms. The quantitative estimate of drug-likeness (QED) is 0.742. The topological polar surface area (TPSA) is 29.5 Å². The predicted molar refractivity (Wildman–Crippen MR) is 65.1 cm³/mol. The molecule has 2 heterocycles. The number of likely N-dealkylation sites (tertiary alicyclic amines) is 1. The van der Waals surface area contributed by atoms with Crippen LogP contribution in [0.2, 0.25) is 0 Å². The lowest BCUT2D eigenvalue weighted by atomic mass is 10.1. The van der Waals surface area contributed by atoms with Crippen LogP contribution in [0.3, 0.4) is 0 Å². The number of carbonyl (C=O) groups is 1. The van der Waals surface area contributed by atoms with Crippen molar-refractivity contribution in [2.45, 2.75) is 25.0 Å². The number of benzene rings is 1. The molecule has 0 radical (unpaired) electrons. The second kappa shape index (κ2) is 4.59. The number of rotatable bonds is 3. The summed E-state index contributed by atoms with van der Waals surface area (Å²) in [5.74, 6) is 0.215. The Morgan fingerprint density at radius 2 is 1.82 bits per heavy atom. The number of hydrogen-bond acceptors (Lipinski definition) is 3. The Hall–Kier alpha value is -1.19. The molecular weight excluding hydrogens is 214 g/mol. The van der Waals surface area contributed by atoms with Crippen molar-refractivity contribution in [3.63, 3.8) is 0 Å². The molecule has 0 aromatic heterocycles. The van der Waals surface area contributed by atoms with E-state index in [-0.39, 0.29) is 5.78 Å². The third-order valence-corrected chi connectivity index (χ3v) is 3.58. The van der Waals surface area contributed by atoms with Crippen molar-refractivity contribution in [1.29, 1.82) is 0 Å². The Balaban J connectivity index is 1.62. The molecule has 0 saturated carbocycles. The van der Waals surface area contributed by atoms with Gasteiger partial charge in [-0.05, 0) is 12.8 Å². The molecule has 2 aliphatic heterocycles. The number of ketones is 1. The summed E-state index contributed by atoms with van der Waals surface area (Å²) < 4.78 is 5.76. The van der Waals surface area contributed by atoms with E-state index in [0.29, 0.717) is 18.8 Å². The van der Waals surface area contributed by atoms with E-state index in [4.69, 9.17) is 4.74 Å². The highest BCUT2D eigenvalue weighted by atomic mass is 16.5. The Kier molecular flexibility index (Phi) is 2.95. The summed E-state index contributed by atoms with van der Waals surface area (Å²) in [6.07, 6.45) is 3.02. The van der Waals surface area contributed by atoms with E-state index in [1.165, 1.54) is 0 Å². The fourth-order valence-electron chi connectivity index (χ4n) is 2.75. The predicted octanol–water partition coefficient (Wildman–Crippen LogP) is 1.73. The number of fused-ring (bicyclic) bond motifs is 2. The SMILES string of the molecule is O=C(CN1CC2CCC(C1)O2)c1ccccc1. The van der Waals surface area contributed by atoms with Crippen LogP contribution in [-0.4, -0.2) is 42.5 Å². The number of morpholine rings is 1. The summed E-state index contributed by atoms with van der Waals surface area (Å²) >= 11 is 0. The lowest BCUT2D eigenvalue weighted by Crippen LogP contribution is -2.44. The van der Waals surface area contributed by atoms with Gasteiger partial charge in [0.25, 0.3) is 0 Å². The van der Waals surface area contributed by atoms with E-state index < -0.39 is 0 Å². The van der Waals surface area contributed by atoms with E-state index >= 15 is 0 Å². The first-order valence-electron chi connectivity index (χ1n) is 6.27. The highest BCUT2D eigenvalue weighted by Crippen LogP contribution is 2.26. The van der Waals surface area contributed by atoms with Crippen molar-refractivity contribution in [2.24, 2.45) is 0 Å². The monoisotopic (exact) mass is 231 g/mol. The fraction of sp³-hybridized carbons (Fsp3) is 0.500. The molecule has 2 aliphatic rings. The number of Topliss-reactive ketones (excluding diaryl/α,β-unsaturated/α-hetero) is 1. The molecule has 17 heavy (non-hydrogen) atoms. The average Bonchev–Trinajstić information content (AvgIpc) is 2.70. The van der Waals surface area contributed by atoms with Gasteiger partial charge in [0.2, 0.25) is 0 Å². The Morgan fingerprint density at radius 3 is 2.47 bits per heavy atom. The third kappa shape index (κ3) is 2.40. The van der Waals surface area contributed by atoms with Gasteiger partial charge in [-0.2, -0.15) is 0 Å². The summed E-state index contributed by atoms with van der Waals surface area (Å²) in [5, 5.41) is 0. The van der Waals surface area contributed by atoms with Crippen molar-refractivity contribution < 1.29 is 9.53 Å². The molecule has 1 aromatic carbocycles. The summed E-state index contributed by atoms with van der Waals surface area (Å²) in [6, 6.07) is 9.53. The molecule has 2 unspecified atom stereocenters. The standard InChI is InChI=1S/C14H17NO2/c16-14(11-4-2-1-3-5-11)10-15-8-12-6-7-13(9-15)17-12/h1-5,12-13H,6-10H2. The van der Waals surface area contributed by atoms with Gasteiger partial charge in [0.1, 0.15) is 0 Å².